The van der Waals surface area contributed by atoms with Crippen LogP contribution in [0.1, 0.15) is 28.6 Å². The first kappa shape index (κ1) is 18.0. The van der Waals surface area contributed by atoms with E-state index in [1.807, 2.05) is 42.2 Å². The Bertz CT molecular complexity index is 834. The first-order chi connectivity index (χ1) is 12.6. The zero-order valence-electron chi connectivity index (χ0n) is 15.7. The van der Waals surface area contributed by atoms with E-state index >= 15 is 0 Å². The summed E-state index contributed by atoms with van der Waals surface area (Å²) in [5.74, 6) is 2.46. The molecule has 2 aromatic carbocycles. The first-order valence-electron chi connectivity index (χ1n) is 8.60. The molecule has 0 fully saturated rings. The number of benzene rings is 2. The Hall–Kier alpha value is -2.79. The number of aromatic nitrogens is 2. The molecule has 0 aliphatic carbocycles. The number of ether oxygens (including phenoxy) is 2. The molecule has 5 heteroatoms. The van der Waals surface area contributed by atoms with E-state index in [1.165, 1.54) is 11.1 Å². The van der Waals surface area contributed by atoms with Crippen LogP contribution in [0.5, 0.6) is 11.5 Å². The van der Waals surface area contributed by atoms with Gasteiger partial charge >= 0.3 is 0 Å². The van der Waals surface area contributed by atoms with E-state index in [1.54, 1.807) is 14.2 Å². The number of nitrogens with zero attached hydrogens (tertiary/aromatic N) is 2. The van der Waals surface area contributed by atoms with Crippen LogP contribution in [0.25, 0.3) is 0 Å². The summed E-state index contributed by atoms with van der Waals surface area (Å²) in [5, 5.41) is 3.62. The lowest BCUT2D eigenvalue weighted by atomic mass is 10.0. The summed E-state index contributed by atoms with van der Waals surface area (Å²) in [5.41, 5.74) is 3.53. The minimum atomic E-state index is -0.0831. The quantitative estimate of drug-likeness (QED) is 0.706. The van der Waals surface area contributed by atoms with E-state index in [4.69, 9.17) is 9.47 Å². The highest BCUT2D eigenvalue weighted by Crippen LogP contribution is 2.29. The second-order valence-corrected chi connectivity index (χ2v) is 6.34. The Balaban J connectivity index is 1.93. The molecule has 1 atom stereocenters. The van der Waals surface area contributed by atoms with Gasteiger partial charge in [-0.25, -0.2) is 4.98 Å². The molecule has 1 heterocycles. The van der Waals surface area contributed by atoms with Crippen molar-refractivity contribution in [1.29, 1.82) is 0 Å². The third kappa shape index (κ3) is 4.06. The number of methoxy groups -OCH3 is 2. The van der Waals surface area contributed by atoms with Gasteiger partial charge in [-0.2, -0.15) is 0 Å². The van der Waals surface area contributed by atoms with Crippen LogP contribution in [0.2, 0.25) is 0 Å². The molecule has 0 spiro atoms. The van der Waals surface area contributed by atoms with Gasteiger partial charge in [0, 0.05) is 32.1 Å². The predicted octanol–water partition coefficient (Wildman–Crippen LogP) is 3.62. The van der Waals surface area contributed by atoms with Gasteiger partial charge < -0.3 is 14.0 Å². The molecule has 136 valence electrons. The Morgan fingerprint density at radius 1 is 1.04 bits per heavy atom. The summed E-state index contributed by atoms with van der Waals surface area (Å²) < 4.78 is 12.9. The molecule has 0 saturated heterocycles. The highest BCUT2D eigenvalue weighted by molar-refractivity contribution is 5.41. The van der Waals surface area contributed by atoms with E-state index in [9.17, 15) is 0 Å². The van der Waals surface area contributed by atoms with Crippen LogP contribution in [0.3, 0.4) is 0 Å². The smallest absolute Gasteiger partial charge is 0.130 e. The number of hydrogen-bond acceptors (Lipinski definition) is 4. The van der Waals surface area contributed by atoms with Gasteiger partial charge in [0.25, 0.3) is 0 Å². The van der Waals surface area contributed by atoms with Crippen molar-refractivity contribution in [3.05, 3.63) is 77.4 Å². The first-order valence-corrected chi connectivity index (χ1v) is 8.60. The fourth-order valence-electron chi connectivity index (χ4n) is 2.94. The molecule has 1 aromatic heterocycles. The van der Waals surface area contributed by atoms with E-state index in [-0.39, 0.29) is 6.04 Å². The van der Waals surface area contributed by atoms with Gasteiger partial charge in [-0.05, 0) is 30.2 Å². The minimum Gasteiger partial charge on any atom is -0.497 e. The third-order valence-corrected chi connectivity index (χ3v) is 4.45. The van der Waals surface area contributed by atoms with Gasteiger partial charge in [-0.3, -0.25) is 5.32 Å². The zero-order chi connectivity index (χ0) is 18.5. The molecule has 0 aliphatic heterocycles. The Morgan fingerprint density at radius 2 is 1.69 bits per heavy atom. The summed E-state index contributed by atoms with van der Waals surface area (Å²) in [4.78, 5) is 4.55. The van der Waals surface area contributed by atoms with Crippen molar-refractivity contribution >= 4 is 0 Å². The molecule has 0 bridgehead atoms. The highest BCUT2D eigenvalue weighted by atomic mass is 16.5. The van der Waals surface area contributed by atoms with Gasteiger partial charge in [0.2, 0.25) is 0 Å². The minimum absolute atomic E-state index is 0.0831. The van der Waals surface area contributed by atoms with Crippen LogP contribution >= 0.6 is 0 Å². The van der Waals surface area contributed by atoms with Crippen LogP contribution in [-0.2, 0) is 13.6 Å². The standard InChI is InChI=1S/C21H25N3O2/c1-15-5-7-16(8-6-15)14-23-20(21-22-9-10-24(21)2)17-11-18(25-3)13-19(12-17)26-4/h5-13,20,23H,14H2,1-4H3. The lowest BCUT2D eigenvalue weighted by molar-refractivity contribution is 0.392. The molecule has 0 aliphatic rings. The fourth-order valence-corrected chi connectivity index (χ4v) is 2.94. The van der Waals surface area contributed by atoms with Crippen molar-refractivity contribution in [3.63, 3.8) is 0 Å². The molecule has 26 heavy (non-hydrogen) atoms. The molecular formula is C21H25N3O2. The molecular weight excluding hydrogens is 326 g/mol. The van der Waals surface area contributed by atoms with Crippen molar-refractivity contribution in [2.75, 3.05) is 14.2 Å². The topological polar surface area (TPSA) is 48.3 Å². The lowest BCUT2D eigenvalue weighted by Gasteiger charge is -2.21. The summed E-state index contributed by atoms with van der Waals surface area (Å²) in [7, 11) is 5.32. The number of hydrogen-bond donors (Lipinski definition) is 1. The fraction of sp³-hybridized carbons (Fsp3) is 0.286. The average Bonchev–Trinajstić information content (AvgIpc) is 3.09. The van der Waals surface area contributed by atoms with Crippen molar-refractivity contribution in [2.45, 2.75) is 19.5 Å². The van der Waals surface area contributed by atoms with E-state index in [0.717, 1.165) is 29.4 Å². The highest BCUT2D eigenvalue weighted by Gasteiger charge is 2.20. The van der Waals surface area contributed by atoms with Gasteiger partial charge in [0.15, 0.2) is 0 Å². The predicted molar refractivity (Wildman–Crippen MR) is 103 cm³/mol. The Morgan fingerprint density at radius 3 is 2.23 bits per heavy atom. The average molecular weight is 351 g/mol. The number of aryl methyl sites for hydroxylation is 2. The van der Waals surface area contributed by atoms with Crippen LogP contribution in [-0.4, -0.2) is 23.8 Å². The number of rotatable bonds is 7. The van der Waals surface area contributed by atoms with Crippen LogP contribution < -0.4 is 14.8 Å². The van der Waals surface area contributed by atoms with Crippen LogP contribution in [0.15, 0.2) is 54.9 Å². The number of nitrogens with one attached hydrogen (secondary N) is 1. The van der Waals surface area contributed by atoms with E-state index < -0.39 is 0 Å². The van der Waals surface area contributed by atoms with Gasteiger partial charge in [0.05, 0.1) is 20.3 Å². The monoisotopic (exact) mass is 351 g/mol. The second kappa shape index (κ2) is 8.06. The van der Waals surface area contributed by atoms with Crippen molar-refractivity contribution < 1.29 is 9.47 Å². The summed E-state index contributed by atoms with van der Waals surface area (Å²) in [6.45, 7) is 2.83. The molecule has 3 rings (SSSR count). The maximum absolute atomic E-state index is 5.44. The van der Waals surface area contributed by atoms with Gasteiger partial charge in [0.1, 0.15) is 17.3 Å². The molecule has 3 aromatic rings. The zero-order valence-corrected chi connectivity index (χ0v) is 15.7. The van der Waals surface area contributed by atoms with Crippen molar-refractivity contribution in [1.82, 2.24) is 14.9 Å². The van der Waals surface area contributed by atoms with Crippen LogP contribution in [0, 0.1) is 6.92 Å². The third-order valence-electron chi connectivity index (χ3n) is 4.45. The summed E-state index contributed by atoms with van der Waals surface area (Å²) in [6, 6.07) is 14.4. The Kier molecular flexibility index (Phi) is 5.58. The largest absolute Gasteiger partial charge is 0.497 e. The van der Waals surface area contributed by atoms with Crippen LogP contribution in [0.4, 0.5) is 0 Å². The normalized spacial score (nSPS) is 12.0. The molecule has 1 N–H and O–H groups in total. The molecule has 0 radical (unpaired) electrons. The SMILES string of the molecule is COc1cc(OC)cc(C(NCc2ccc(C)cc2)c2nccn2C)c1. The van der Waals surface area contributed by atoms with E-state index in [2.05, 4.69) is 41.5 Å². The van der Waals surface area contributed by atoms with Crippen molar-refractivity contribution in [3.8, 4) is 11.5 Å². The second-order valence-electron chi connectivity index (χ2n) is 6.34. The Labute approximate surface area is 154 Å². The van der Waals surface area contributed by atoms with Gasteiger partial charge in [-0.15, -0.1) is 0 Å². The van der Waals surface area contributed by atoms with Gasteiger partial charge in [-0.1, -0.05) is 29.8 Å². The summed E-state index contributed by atoms with van der Waals surface area (Å²) >= 11 is 0. The molecule has 0 saturated carbocycles. The molecule has 0 amide bonds. The summed E-state index contributed by atoms with van der Waals surface area (Å²) in [6.07, 6.45) is 3.76. The van der Waals surface area contributed by atoms with Crippen molar-refractivity contribution in [2.24, 2.45) is 7.05 Å². The molecule has 1 unspecified atom stereocenters. The van der Waals surface area contributed by atoms with E-state index in [0.29, 0.717) is 0 Å². The maximum atomic E-state index is 5.44. The molecule has 5 nitrogen and oxygen atoms in total. The number of imidazole rings is 1. The lowest BCUT2D eigenvalue weighted by Crippen LogP contribution is -2.25. The maximum Gasteiger partial charge on any atom is 0.130 e.